The molecule has 0 saturated carbocycles. The Morgan fingerprint density at radius 2 is 2.26 bits per heavy atom. The fourth-order valence-corrected chi connectivity index (χ4v) is 2.38. The van der Waals surface area contributed by atoms with E-state index in [-0.39, 0.29) is 10.8 Å². The summed E-state index contributed by atoms with van der Waals surface area (Å²) in [6.07, 6.45) is -3.67. The Bertz CT molecular complexity index is 587. The molecule has 2 N–H and O–H groups in total. The van der Waals surface area contributed by atoms with Crippen molar-refractivity contribution in [2.45, 2.75) is 18.6 Å². The molecule has 0 spiro atoms. The number of nitrogens with one attached hydrogen (secondary N) is 2. The predicted molar refractivity (Wildman–Crippen MR) is 61.0 cm³/mol. The molecule has 0 fully saturated rings. The minimum Gasteiger partial charge on any atom is -0.336 e. The van der Waals surface area contributed by atoms with Crippen molar-refractivity contribution in [3.63, 3.8) is 0 Å². The largest absolute Gasteiger partial charge is 0.425 e. The van der Waals surface area contributed by atoms with Crippen molar-refractivity contribution >= 4 is 22.4 Å². The highest BCUT2D eigenvalue weighted by Gasteiger charge is 2.67. The van der Waals surface area contributed by atoms with E-state index in [1.807, 2.05) is 10.6 Å². The summed E-state index contributed by atoms with van der Waals surface area (Å²) >= 11 is 0.906. The number of halogens is 3. The molecule has 19 heavy (non-hydrogen) atoms. The summed E-state index contributed by atoms with van der Waals surface area (Å²) in [7, 11) is 0. The monoisotopic (exact) mass is 288 g/mol. The van der Waals surface area contributed by atoms with Crippen LogP contribution in [0.1, 0.15) is 6.92 Å². The van der Waals surface area contributed by atoms with Crippen molar-refractivity contribution < 1.29 is 18.0 Å². The molecular weight excluding hydrogens is 281 g/mol. The lowest BCUT2D eigenvalue weighted by Gasteiger charge is -2.30. The normalized spacial score (nSPS) is 23.2. The van der Waals surface area contributed by atoms with Gasteiger partial charge in [-0.3, -0.25) is 4.79 Å². The van der Waals surface area contributed by atoms with Gasteiger partial charge in [0.25, 0.3) is 11.4 Å². The highest BCUT2D eigenvalue weighted by atomic mass is 32.1. The third-order valence-electron chi connectivity index (χ3n) is 2.66. The van der Waals surface area contributed by atoms with Crippen molar-refractivity contribution in [1.29, 1.82) is 5.26 Å². The van der Waals surface area contributed by atoms with Gasteiger partial charge >= 0.3 is 6.18 Å². The Morgan fingerprint density at radius 1 is 1.58 bits per heavy atom. The standard InChI is InChI=1S/C10H7F3N4OS/c1-5-6(4-14)9(7(18)16-5,10(11,12)13)17-8-15-2-3-19-8/h2-3H,1H3,(H,15,17)(H,16,18)/t9-/m1/s1. The lowest BCUT2D eigenvalue weighted by molar-refractivity contribution is -0.174. The van der Waals surface area contributed by atoms with Gasteiger partial charge in [-0.1, -0.05) is 0 Å². The van der Waals surface area contributed by atoms with Gasteiger partial charge in [-0.2, -0.15) is 18.4 Å². The van der Waals surface area contributed by atoms with E-state index in [1.54, 1.807) is 0 Å². The molecule has 0 radical (unpaired) electrons. The van der Waals surface area contributed by atoms with Crippen molar-refractivity contribution in [1.82, 2.24) is 10.3 Å². The SMILES string of the molecule is CC1=C(C#N)[C@](Nc2nccs2)(C(F)(F)F)C(=O)N1. The zero-order valence-electron chi connectivity index (χ0n) is 9.50. The molecule has 0 aliphatic carbocycles. The highest BCUT2D eigenvalue weighted by molar-refractivity contribution is 7.13. The summed E-state index contributed by atoms with van der Waals surface area (Å²) in [5.74, 6) is -1.33. The van der Waals surface area contributed by atoms with Crippen molar-refractivity contribution in [3.05, 3.63) is 22.8 Å². The molecule has 0 saturated heterocycles. The number of carbonyl (C=O) groups is 1. The predicted octanol–water partition coefficient (Wildman–Crippen LogP) is 1.78. The Labute approximate surface area is 109 Å². The van der Waals surface area contributed by atoms with Gasteiger partial charge in [-0.05, 0) is 6.92 Å². The first-order valence-corrected chi connectivity index (χ1v) is 5.88. The van der Waals surface area contributed by atoms with E-state index in [9.17, 15) is 18.0 Å². The molecule has 2 heterocycles. The lowest BCUT2D eigenvalue weighted by atomic mass is 9.90. The molecule has 1 aromatic rings. The average Bonchev–Trinajstić information content (AvgIpc) is 2.86. The smallest absolute Gasteiger partial charge is 0.336 e. The summed E-state index contributed by atoms with van der Waals surface area (Å²) < 4.78 is 40.0. The Kier molecular flexibility index (Phi) is 2.98. The van der Waals surface area contributed by atoms with Gasteiger partial charge in [-0.15, -0.1) is 11.3 Å². The zero-order chi connectivity index (χ0) is 14.3. The summed E-state index contributed by atoms with van der Waals surface area (Å²) in [6.45, 7) is 1.24. The van der Waals surface area contributed by atoms with E-state index in [2.05, 4.69) is 4.98 Å². The van der Waals surface area contributed by atoms with E-state index in [0.717, 1.165) is 11.3 Å². The van der Waals surface area contributed by atoms with Crippen LogP contribution in [-0.2, 0) is 4.79 Å². The van der Waals surface area contributed by atoms with E-state index in [1.165, 1.54) is 24.6 Å². The number of nitriles is 1. The molecule has 0 bridgehead atoms. The van der Waals surface area contributed by atoms with Crippen LogP contribution in [0, 0.1) is 11.3 Å². The third-order valence-corrected chi connectivity index (χ3v) is 3.34. The number of alkyl halides is 3. The van der Waals surface area contributed by atoms with Gasteiger partial charge in [0, 0.05) is 17.3 Å². The van der Waals surface area contributed by atoms with Gasteiger partial charge in [0.1, 0.15) is 0 Å². The van der Waals surface area contributed by atoms with Crippen LogP contribution < -0.4 is 10.6 Å². The topological polar surface area (TPSA) is 77.8 Å². The fourth-order valence-electron chi connectivity index (χ4n) is 1.80. The van der Waals surface area contributed by atoms with Crippen molar-refractivity contribution in [2.75, 3.05) is 5.32 Å². The van der Waals surface area contributed by atoms with E-state index in [4.69, 9.17) is 5.26 Å². The number of hydrogen-bond donors (Lipinski definition) is 2. The minimum absolute atomic E-state index is 0.0880. The number of carbonyl (C=O) groups excluding carboxylic acids is 1. The number of anilines is 1. The molecular formula is C10H7F3N4OS. The second-order valence-corrected chi connectivity index (χ2v) is 4.67. The highest BCUT2D eigenvalue weighted by Crippen LogP contribution is 2.43. The van der Waals surface area contributed by atoms with Crippen LogP contribution in [0.5, 0.6) is 0 Å². The van der Waals surface area contributed by atoms with Crippen LogP contribution in [0.25, 0.3) is 0 Å². The van der Waals surface area contributed by atoms with Gasteiger partial charge < -0.3 is 10.6 Å². The fraction of sp³-hybridized carbons (Fsp3) is 0.300. The molecule has 0 aromatic carbocycles. The number of amides is 1. The van der Waals surface area contributed by atoms with Gasteiger partial charge in [0.2, 0.25) is 0 Å². The summed E-state index contributed by atoms with van der Waals surface area (Å²) in [5.41, 5.74) is -3.89. The van der Waals surface area contributed by atoms with E-state index in [0.29, 0.717) is 0 Å². The maximum absolute atomic E-state index is 13.3. The number of allylic oxidation sites excluding steroid dienone is 1. The summed E-state index contributed by atoms with van der Waals surface area (Å²) in [4.78, 5) is 15.4. The molecule has 1 aliphatic rings. The first kappa shape index (κ1) is 13.4. The molecule has 2 rings (SSSR count). The Morgan fingerprint density at radius 3 is 2.74 bits per heavy atom. The van der Waals surface area contributed by atoms with Crippen LogP contribution in [0.4, 0.5) is 18.3 Å². The molecule has 9 heteroatoms. The van der Waals surface area contributed by atoms with E-state index < -0.39 is 23.2 Å². The van der Waals surface area contributed by atoms with Crippen LogP contribution in [0.3, 0.4) is 0 Å². The number of nitrogens with zero attached hydrogens (tertiary/aromatic N) is 2. The molecule has 1 amide bonds. The first-order chi connectivity index (χ1) is 8.83. The number of thiazole rings is 1. The molecule has 100 valence electrons. The first-order valence-electron chi connectivity index (χ1n) is 5.00. The second kappa shape index (κ2) is 4.24. The number of rotatable bonds is 2. The maximum Gasteiger partial charge on any atom is 0.425 e. The lowest BCUT2D eigenvalue weighted by Crippen LogP contribution is -2.59. The molecule has 5 nitrogen and oxygen atoms in total. The molecule has 1 atom stereocenters. The molecule has 0 unspecified atom stereocenters. The van der Waals surface area contributed by atoms with Crippen molar-refractivity contribution in [3.8, 4) is 6.07 Å². The molecule has 1 aliphatic heterocycles. The summed E-state index contributed by atoms with van der Waals surface area (Å²) in [6, 6.07) is 1.44. The Balaban J connectivity index is 2.59. The number of hydrogen-bond acceptors (Lipinski definition) is 5. The number of aromatic nitrogens is 1. The average molecular weight is 288 g/mol. The van der Waals surface area contributed by atoms with Crippen LogP contribution in [0.2, 0.25) is 0 Å². The molecule has 1 aromatic heterocycles. The summed E-state index contributed by atoms with van der Waals surface area (Å²) in [5, 5.41) is 14.4. The van der Waals surface area contributed by atoms with Crippen LogP contribution in [0.15, 0.2) is 22.8 Å². The van der Waals surface area contributed by atoms with Crippen LogP contribution >= 0.6 is 11.3 Å². The Hall–Kier alpha value is -2.08. The quantitative estimate of drug-likeness (QED) is 0.869. The maximum atomic E-state index is 13.3. The third kappa shape index (κ3) is 1.84. The zero-order valence-corrected chi connectivity index (χ0v) is 10.3. The second-order valence-electron chi connectivity index (χ2n) is 3.78. The van der Waals surface area contributed by atoms with Gasteiger partial charge in [0.05, 0.1) is 11.6 Å². The minimum atomic E-state index is -4.97. The van der Waals surface area contributed by atoms with Crippen LogP contribution in [-0.4, -0.2) is 22.6 Å². The van der Waals surface area contributed by atoms with Gasteiger partial charge in [0.15, 0.2) is 5.13 Å². The van der Waals surface area contributed by atoms with Crippen molar-refractivity contribution in [2.24, 2.45) is 0 Å². The van der Waals surface area contributed by atoms with Gasteiger partial charge in [-0.25, -0.2) is 4.98 Å². The van der Waals surface area contributed by atoms with E-state index >= 15 is 0 Å².